The molecule has 1 N–H and O–H groups in total. The van der Waals surface area contributed by atoms with Crippen LogP contribution in [0.15, 0.2) is 70.6 Å². The Bertz CT molecular complexity index is 1610. The minimum Gasteiger partial charge on any atom is -0.349 e. The maximum Gasteiger partial charge on any atom is 0.266 e. The van der Waals surface area contributed by atoms with Gasteiger partial charge in [-0.3, -0.25) is 19.0 Å². The molecule has 0 unspecified atom stereocenters. The molecule has 1 aromatic heterocycles. The highest BCUT2D eigenvalue weighted by Crippen LogP contribution is 2.25. The standard InChI is InChI=1S/C30H28FN3O3S/c1-18-10-11-19(2)25(14-18)27(35)17-38-30-33-26-15-20(28(36)32-22-7-3-4-8-22)12-13-24(26)29(37)34(30)23-9-5-6-21(31)16-23/h5-6,9-16,22H,3-4,7-8,17H2,1-2H3,(H,32,36). The van der Waals surface area contributed by atoms with E-state index in [2.05, 4.69) is 5.32 Å². The Balaban J connectivity index is 1.54. The number of carbonyl (C=O) groups excluding carboxylic acids is 2. The molecule has 0 radical (unpaired) electrons. The Morgan fingerprint density at radius 1 is 1.05 bits per heavy atom. The van der Waals surface area contributed by atoms with Gasteiger partial charge in [-0.25, -0.2) is 9.37 Å². The van der Waals surface area contributed by atoms with E-state index in [4.69, 9.17) is 4.98 Å². The molecule has 1 aliphatic carbocycles. The maximum absolute atomic E-state index is 14.1. The summed E-state index contributed by atoms with van der Waals surface area (Å²) in [5.41, 5.74) is 3.15. The van der Waals surface area contributed by atoms with Crippen molar-refractivity contribution in [2.45, 2.75) is 50.7 Å². The van der Waals surface area contributed by atoms with E-state index in [0.717, 1.165) is 48.6 Å². The number of ketones is 1. The molecule has 6 nitrogen and oxygen atoms in total. The smallest absolute Gasteiger partial charge is 0.266 e. The lowest BCUT2D eigenvalue weighted by molar-refractivity contribution is 0.0937. The highest BCUT2D eigenvalue weighted by Gasteiger charge is 2.20. The van der Waals surface area contributed by atoms with Crippen molar-refractivity contribution in [3.05, 3.63) is 99.1 Å². The van der Waals surface area contributed by atoms with Gasteiger partial charge < -0.3 is 5.32 Å². The number of halogens is 1. The second kappa shape index (κ2) is 10.9. The van der Waals surface area contributed by atoms with Gasteiger partial charge in [0.15, 0.2) is 10.9 Å². The van der Waals surface area contributed by atoms with Gasteiger partial charge in [-0.1, -0.05) is 48.4 Å². The fourth-order valence-electron chi connectivity index (χ4n) is 4.83. The van der Waals surface area contributed by atoms with E-state index in [1.54, 1.807) is 24.3 Å². The number of carbonyl (C=O) groups is 2. The summed E-state index contributed by atoms with van der Waals surface area (Å²) in [5.74, 6) is -0.745. The monoisotopic (exact) mass is 529 g/mol. The first kappa shape index (κ1) is 25.9. The van der Waals surface area contributed by atoms with Crippen LogP contribution in [0, 0.1) is 19.7 Å². The number of hydrogen-bond donors (Lipinski definition) is 1. The number of benzene rings is 3. The third-order valence-electron chi connectivity index (χ3n) is 6.88. The minimum absolute atomic E-state index is 0.0411. The van der Waals surface area contributed by atoms with Gasteiger partial charge in [0.25, 0.3) is 11.5 Å². The fourth-order valence-corrected chi connectivity index (χ4v) is 5.73. The van der Waals surface area contributed by atoms with Crippen molar-refractivity contribution in [3.63, 3.8) is 0 Å². The zero-order valence-corrected chi connectivity index (χ0v) is 22.1. The Morgan fingerprint density at radius 2 is 1.84 bits per heavy atom. The van der Waals surface area contributed by atoms with Gasteiger partial charge in [0.05, 0.1) is 22.3 Å². The molecular formula is C30H28FN3O3S. The molecule has 1 amide bonds. The second-order valence-corrected chi connectivity index (χ2v) is 10.7. The fraction of sp³-hybridized carbons (Fsp3) is 0.267. The number of Topliss-reactive ketones (excluding diaryl/α,β-unsaturated/α-hetero) is 1. The van der Waals surface area contributed by atoms with E-state index in [0.29, 0.717) is 27.7 Å². The molecule has 3 aromatic carbocycles. The van der Waals surface area contributed by atoms with E-state index in [1.807, 2.05) is 32.0 Å². The molecule has 38 heavy (non-hydrogen) atoms. The molecule has 8 heteroatoms. The van der Waals surface area contributed by atoms with E-state index in [-0.39, 0.29) is 28.6 Å². The first-order chi connectivity index (χ1) is 18.3. The summed E-state index contributed by atoms with van der Waals surface area (Å²) in [6.45, 7) is 3.81. The molecule has 1 heterocycles. The Labute approximate surface area is 224 Å². The lowest BCUT2D eigenvalue weighted by Gasteiger charge is -2.15. The van der Waals surface area contributed by atoms with Crippen molar-refractivity contribution in [2.24, 2.45) is 0 Å². The number of hydrogen-bond acceptors (Lipinski definition) is 5. The number of amides is 1. The average molecular weight is 530 g/mol. The number of fused-ring (bicyclic) bond motifs is 1. The molecular weight excluding hydrogens is 501 g/mol. The van der Waals surface area contributed by atoms with Gasteiger partial charge in [-0.15, -0.1) is 0 Å². The van der Waals surface area contributed by atoms with Crippen LogP contribution in [0.5, 0.6) is 0 Å². The van der Waals surface area contributed by atoms with Crippen molar-refractivity contribution in [3.8, 4) is 5.69 Å². The van der Waals surface area contributed by atoms with Crippen molar-refractivity contribution in [2.75, 3.05) is 5.75 Å². The first-order valence-corrected chi connectivity index (χ1v) is 13.7. The van der Waals surface area contributed by atoms with Crippen molar-refractivity contribution >= 4 is 34.4 Å². The van der Waals surface area contributed by atoms with E-state index >= 15 is 0 Å². The van der Waals surface area contributed by atoms with Crippen LogP contribution in [-0.2, 0) is 0 Å². The first-order valence-electron chi connectivity index (χ1n) is 12.7. The van der Waals surface area contributed by atoms with Gasteiger partial charge in [0.2, 0.25) is 0 Å². The predicted octanol–water partition coefficient (Wildman–Crippen LogP) is 5.79. The molecule has 0 spiro atoms. The number of aromatic nitrogens is 2. The number of rotatable bonds is 7. The van der Waals surface area contributed by atoms with Crippen LogP contribution < -0.4 is 10.9 Å². The number of aryl methyl sites for hydroxylation is 2. The number of thioether (sulfide) groups is 1. The quantitative estimate of drug-likeness (QED) is 0.186. The summed E-state index contributed by atoms with van der Waals surface area (Å²) < 4.78 is 15.4. The molecule has 4 aromatic rings. The highest BCUT2D eigenvalue weighted by molar-refractivity contribution is 7.99. The highest BCUT2D eigenvalue weighted by atomic mass is 32.2. The minimum atomic E-state index is -0.490. The van der Waals surface area contributed by atoms with Gasteiger partial charge in [0.1, 0.15) is 5.82 Å². The summed E-state index contributed by atoms with van der Waals surface area (Å²) in [7, 11) is 0. The van der Waals surface area contributed by atoms with Gasteiger partial charge >= 0.3 is 0 Å². The molecule has 0 bridgehead atoms. The summed E-state index contributed by atoms with van der Waals surface area (Å²) in [6.07, 6.45) is 4.13. The number of nitrogens with one attached hydrogen (secondary N) is 1. The van der Waals surface area contributed by atoms with E-state index in [1.165, 1.54) is 22.8 Å². The van der Waals surface area contributed by atoms with E-state index < -0.39 is 11.4 Å². The lowest BCUT2D eigenvalue weighted by atomic mass is 10.0. The molecule has 194 valence electrons. The SMILES string of the molecule is Cc1ccc(C)c(C(=O)CSc2nc3cc(C(=O)NC4CCCC4)ccc3c(=O)n2-c2cccc(F)c2)c1. The Kier molecular flexibility index (Phi) is 7.42. The normalized spacial score (nSPS) is 13.7. The molecule has 0 saturated heterocycles. The van der Waals surface area contributed by atoms with Crippen molar-refractivity contribution in [1.29, 1.82) is 0 Å². The largest absolute Gasteiger partial charge is 0.349 e. The molecule has 1 saturated carbocycles. The van der Waals surface area contributed by atoms with Gasteiger partial charge in [-0.05, 0) is 74.7 Å². The Morgan fingerprint density at radius 3 is 2.61 bits per heavy atom. The average Bonchev–Trinajstić information content (AvgIpc) is 3.41. The van der Waals surface area contributed by atoms with Crippen molar-refractivity contribution in [1.82, 2.24) is 14.9 Å². The number of nitrogens with zero attached hydrogens (tertiary/aromatic N) is 2. The third-order valence-corrected chi connectivity index (χ3v) is 7.82. The van der Waals surface area contributed by atoms with Crippen LogP contribution in [0.25, 0.3) is 16.6 Å². The van der Waals surface area contributed by atoms with E-state index in [9.17, 15) is 18.8 Å². The summed E-state index contributed by atoms with van der Waals surface area (Å²) in [5, 5.41) is 3.61. The van der Waals surface area contributed by atoms with Crippen LogP contribution >= 0.6 is 11.8 Å². The zero-order chi connectivity index (χ0) is 26.8. The molecule has 5 rings (SSSR count). The molecule has 1 fully saturated rings. The van der Waals surface area contributed by atoms with Crippen molar-refractivity contribution < 1.29 is 14.0 Å². The Hall–Kier alpha value is -3.78. The predicted molar refractivity (Wildman–Crippen MR) is 148 cm³/mol. The molecule has 1 aliphatic rings. The van der Waals surface area contributed by atoms with Crippen LogP contribution in [0.2, 0.25) is 0 Å². The summed E-state index contributed by atoms with van der Waals surface area (Å²) >= 11 is 1.11. The topological polar surface area (TPSA) is 81.1 Å². The summed E-state index contributed by atoms with van der Waals surface area (Å²) in [4.78, 5) is 44.3. The molecule has 0 atom stereocenters. The summed E-state index contributed by atoms with van der Waals surface area (Å²) in [6, 6.07) is 16.4. The van der Waals surface area contributed by atoms with Crippen LogP contribution in [0.3, 0.4) is 0 Å². The van der Waals surface area contributed by atoms with Crippen LogP contribution in [0.1, 0.15) is 57.5 Å². The van der Waals surface area contributed by atoms with Crippen LogP contribution in [-0.4, -0.2) is 33.0 Å². The molecule has 0 aliphatic heterocycles. The van der Waals surface area contributed by atoms with Gasteiger partial charge in [0, 0.05) is 17.2 Å². The lowest BCUT2D eigenvalue weighted by Crippen LogP contribution is -2.32. The third kappa shape index (κ3) is 5.41. The van der Waals surface area contributed by atoms with Gasteiger partial charge in [-0.2, -0.15) is 0 Å². The van der Waals surface area contributed by atoms with Crippen LogP contribution in [0.4, 0.5) is 4.39 Å². The second-order valence-electron chi connectivity index (χ2n) is 9.73. The zero-order valence-electron chi connectivity index (χ0n) is 21.3. The maximum atomic E-state index is 14.1.